The fourth-order valence-corrected chi connectivity index (χ4v) is 2.95. The summed E-state index contributed by atoms with van der Waals surface area (Å²) in [7, 11) is 0. The lowest BCUT2D eigenvalue weighted by Crippen LogP contribution is -2.21. The van der Waals surface area contributed by atoms with Gasteiger partial charge in [-0.1, -0.05) is 26.2 Å². The molecule has 110 valence electrons. The van der Waals surface area contributed by atoms with Crippen molar-refractivity contribution in [2.75, 3.05) is 17.6 Å². The molecule has 4 N–H and O–H groups in total. The Labute approximate surface area is 120 Å². The molecule has 4 heteroatoms. The van der Waals surface area contributed by atoms with Crippen LogP contribution in [0.3, 0.4) is 0 Å². The van der Waals surface area contributed by atoms with Crippen molar-refractivity contribution < 1.29 is 9.90 Å². The highest BCUT2D eigenvalue weighted by Gasteiger charge is 2.19. The van der Waals surface area contributed by atoms with Gasteiger partial charge in [0.05, 0.1) is 16.9 Å². The van der Waals surface area contributed by atoms with E-state index in [1.165, 1.54) is 38.2 Å². The summed E-state index contributed by atoms with van der Waals surface area (Å²) in [6.07, 6.45) is 6.51. The number of nitrogen functional groups attached to an aromatic ring is 1. The van der Waals surface area contributed by atoms with Crippen LogP contribution < -0.4 is 11.1 Å². The van der Waals surface area contributed by atoms with Crippen LogP contribution in [0.25, 0.3) is 0 Å². The monoisotopic (exact) mass is 276 g/mol. The summed E-state index contributed by atoms with van der Waals surface area (Å²) in [4.78, 5) is 10.9. The quantitative estimate of drug-likeness (QED) is 0.718. The van der Waals surface area contributed by atoms with Crippen molar-refractivity contribution in [2.24, 2.45) is 11.8 Å². The molecule has 1 aromatic carbocycles. The van der Waals surface area contributed by atoms with Crippen molar-refractivity contribution in [2.45, 2.75) is 39.0 Å². The first-order valence-corrected chi connectivity index (χ1v) is 7.46. The first-order chi connectivity index (χ1) is 9.60. The average Bonchev–Trinajstić information content (AvgIpc) is 2.46. The number of hydrogen-bond donors (Lipinski definition) is 3. The number of nitrogens with one attached hydrogen (secondary N) is 1. The van der Waals surface area contributed by atoms with Crippen LogP contribution in [0.2, 0.25) is 0 Å². The number of carboxylic acid groups (broad SMARTS) is 1. The SMILES string of the molecule is CCC1CCC(CNc2ccc(C(=O)O)cc2N)CC1. The maximum atomic E-state index is 10.9. The van der Waals surface area contributed by atoms with Crippen LogP contribution in [0.15, 0.2) is 18.2 Å². The molecule has 1 aliphatic rings. The third-order valence-corrected chi connectivity index (χ3v) is 4.42. The van der Waals surface area contributed by atoms with Gasteiger partial charge in [-0.15, -0.1) is 0 Å². The molecule has 0 bridgehead atoms. The zero-order valence-electron chi connectivity index (χ0n) is 12.1. The van der Waals surface area contributed by atoms with Gasteiger partial charge in [0.25, 0.3) is 0 Å². The molecule has 0 saturated heterocycles. The van der Waals surface area contributed by atoms with Crippen molar-refractivity contribution in [3.63, 3.8) is 0 Å². The van der Waals surface area contributed by atoms with Gasteiger partial charge in [0.15, 0.2) is 0 Å². The standard InChI is InChI=1S/C16H24N2O2/c1-2-11-3-5-12(6-4-11)10-18-15-8-7-13(16(19)20)9-14(15)17/h7-9,11-12,18H,2-6,10,17H2,1H3,(H,19,20). The minimum absolute atomic E-state index is 0.233. The zero-order valence-corrected chi connectivity index (χ0v) is 12.1. The molecule has 0 radical (unpaired) electrons. The Bertz CT molecular complexity index is 466. The van der Waals surface area contributed by atoms with Gasteiger partial charge in [-0.3, -0.25) is 0 Å². The summed E-state index contributed by atoms with van der Waals surface area (Å²) in [5.41, 5.74) is 7.47. The second-order valence-corrected chi connectivity index (χ2v) is 5.78. The second-order valence-electron chi connectivity index (χ2n) is 5.78. The summed E-state index contributed by atoms with van der Waals surface area (Å²) in [5, 5.41) is 12.3. The van der Waals surface area contributed by atoms with Crippen molar-refractivity contribution in [3.05, 3.63) is 23.8 Å². The van der Waals surface area contributed by atoms with E-state index in [4.69, 9.17) is 10.8 Å². The fraction of sp³-hybridized carbons (Fsp3) is 0.562. The Morgan fingerprint density at radius 2 is 1.95 bits per heavy atom. The van der Waals surface area contributed by atoms with E-state index in [9.17, 15) is 4.79 Å². The molecule has 0 atom stereocenters. The number of hydrogen-bond acceptors (Lipinski definition) is 3. The van der Waals surface area contributed by atoms with Gasteiger partial charge in [-0.05, 0) is 42.9 Å². The van der Waals surface area contributed by atoms with Crippen LogP contribution in [0.4, 0.5) is 11.4 Å². The molecule has 1 saturated carbocycles. The average molecular weight is 276 g/mol. The lowest BCUT2D eigenvalue weighted by Gasteiger charge is -2.28. The number of nitrogens with two attached hydrogens (primary N) is 1. The number of benzene rings is 1. The van der Waals surface area contributed by atoms with Gasteiger partial charge >= 0.3 is 5.97 Å². The Balaban J connectivity index is 1.87. The third kappa shape index (κ3) is 3.65. The highest BCUT2D eigenvalue weighted by atomic mass is 16.4. The van der Waals surface area contributed by atoms with Crippen LogP contribution in [-0.2, 0) is 0 Å². The Hall–Kier alpha value is -1.71. The largest absolute Gasteiger partial charge is 0.478 e. The van der Waals surface area contributed by atoms with Gasteiger partial charge < -0.3 is 16.2 Å². The lowest BCUT2D eigenvalue weighted by atomic mass is 9.81. The third-order valence-electron chi connectivity index (χ3n) is 4.42. The molecule has 0 unspecified atom stereocenters. The molecule has 4 nitrogen and oxygen atoms in total. The number of aromatic carboxylic acids is 1. The second kappa shape index (κ2) is 6.64. The summed E-state index contributed by atoms with van der Waals surface area (Å²) in [6.45, 7) is 3.20. The van der Waals surface area contributed by atoms with E-state index in [2.05, 4.69) is 12.2 Å². The van der Waals surface area contributed by atoms with Gasteiger partial charge in [-0.25, -0.2) is 4.79 Å². The predicted octanol–water partition coefficient (Wildman–Crippen LogP) is 3.60. The fourth-order valence-electron chi connectivity index (χ4n) is 2.95. The molecule has 0 heterocycles. The van der Waals surface area contributed by atoms with E-state index in [1.807, 2.05) is 0 Å². The van der Waals surface area contributed by atoms with E-state index in [1.54, 1.807) is 12.1 Å². The van der Waals surface area contributed by atoms with Crippen molar-refractivity contribution in [1.29, 1.82) is 0 Å². The number of carbonyl (C=O) groups is 1. The zero-order chi connectivity index (χ0) is 14.5. The smallest absolute Gasteiger partial charge is 0.335 e. The van der Waals surface area contributed by atoms with Gasteiger partial charge in [0, 0.05) is 6.54 Å². The van der Waals surface area contributed by atoms with Gasteiger partial charge in [-0.2, -0.15) is 0 Å². The maximum Gasteiger partial charge on any atom is 0.335 e. The maximum absolute atomic E-state index is 10.9. The minimum Gasteiger partial charge on any atom is -0.478 e. The molecule has 0 spiro atoms. The highest BCUT2D eigenvalue weighted by Crippen LogP contribution is 2.31. The summed E-state index contributed by atoms with van der Waals surface area (Å²) in [6, 6.07) is 4.87. The lowest BCUT2D eigenvalue weighted by molar-refractivity contribution is 0.0697. The van der Waals surface area contributed by atoms with Gasteiger partial charge in [0.2, 0.25) is 0 Å². The van der Waals surface area contributed by atoms with Crippen molar-refractivity contribution >= 4 is 17.3 Å². The number of carboxylic acids is 1. The van der Waals surface area contributed by atoms with Crippen LogP contribution in [0, 0.1) is 11.8 Å². The molecular formula is C16H24N2O2. The van der Waals surface area contributed by atoms with E-state index in [-0.39, 0.29) is 5.56 Å². The molecule has 1 aromatic rings. The summed E-state index contributed by atoms with van der Waals surface area (Å²) < 4.78 is 0. The normalized spacial score (nSPS) is 22.4. The molecule has 1 fully saturated rings. The Kier molecular flexibility index (Phi) is 4.88. The molecule has 0 amide bonds. The molecule has 0 aliphatic heterocycles. The number of anilines is 2. The first kappa shape index (κ1) is 14.7. The van der Waals surface area contributed by atoms with Crippen LogP contribution in [0.1, 0.15) is 49.4 Å². The van der Waals surface area contributed by atoms with Crippen molar-refractivity contribution in [1.82, 2.24) is 0 Å². The van der Waals surface area contributed by atoms with Gasteiger partial charge in [0.1, 0.15) is 0 Å². The van der Waals surface area contributed by atoms with E-state index in [0.29, 0.717) is 11.6 Å². The van der Waals surface area contributed by atoms with Crippen LogP contribution >= 0.6 is 0 Å². The predicted molar refractivity (Wildman–Crippen MR) is 82.0 cm³/mol. The molecule has 0 aromatic heterocycles. The first-order valence-electron chi connectivity index (χ1n) is 7.46. The Morgan fingerprint density at radius 3 is 2.50 bits per heavy atom. The summed E-state index contributed by atoms with van der Waals surface area (Å²) in [5.74, 6) is 0.670. The van der Waals surface area contributed by atoms with E-state index >= 15 is 0 Å². The number of rotatable bonds is 5. The molecule has 1 aliphatic carbocycles. The summed E-state index contributed by atoms with van der Waals surface area (Å²) >= 11 is 0. The van der Waals surface area contributed by atoms with Crippen LogP contribution in [0.5, 0.6) is 0 Å². The van der Waals surface area contributed by atoms with E-state index < -0.39 is 5.97 Å². The molecule has 2 rings (SSSR count). The Morgan fingerprint density at radius 1 is 1.30 bits per heavy atom. The van der Waals surface area contributed by atoms with Crippen LogP contribution in [-0.4, -0.2) is 17.6 Å². The van der Waals surface area contributed by atoms with E-state index in [0.717, 1.165) is 18.2 Å². The molecule has 20 heavy (non-hydrogen) atoms. The molecular weight excluding hydrogens is 252 g/mol. The topological polar surface area (TPSA) is 75.3 Å². The van der Waals surface area contributed by atoms with Crippen molar-refractivity contribution in [3.8, 4) is 0 Å². The minimum atomic E-state index is -0.943. The highest BCUT2D eigenvalue weighted by molar-refractivity contribution is 5.90.